The van der Waals surface area contributed by atoms with Gasteiger partial charge in [0.25, 0.3) is 0 Å². The van der Waals surface area contributed by atoms with Crippen LogP contribution in [-0.2, 0) is 23.2 Å². The van der Waals surface area contributed by atoms with E-state index in [1.165, 1.54) is 0 Å². The number of thiazole rings is 1. The molecule has 1 aromatic heterocycles. The molecule has 2 rings (SSSR count). The molecule has 0 aliphatic carbocycles. The smallest absolute Gasteiger partial charge is 0.191 e. The van der Waals surface area contributed by atoms with Crippen LogP contribution < -0.4 is 15.4 Å². The maximum atomic E-state index is 5.41. The minimum atomic E-state index is 0. The normalized spacial score (nSPS) is 11.7. The lowest BCUT2D eigenvalue weighted by molar-refractivity contribution is 0.145. The predicted molar refractivity (Wildman–Crippen MR) is 136 cm³/mol. The van der Waals surface area contributed by atoms with Crippen molar-refractivity contribution in [3.05, 3.63) is 45.9 Å². The molecule has 0 radical (unpaired) electrons. The quantitative estimate of drug-likeness (QED) is 0.195. The molecule has 0 atom stereocenters. The van der Waals surface area contributed by atoms with Gasteiger partial charge in [0.15, 0.2) is 5.96 Å². The van der Waals surface area contributed by atoms with E-state index < -0.39 is 0 Å². The van der Waals surface area contributed by atoms with E-state index in [0.29, 0.717) is 13.1 Å². The second kappa shape index (κ2) is 13.8. The van der Waals surface area contributed by atoms with Gasteiger partial charge in [0, 0.05) is 30.6 Å². The van der Waals surface area contributed by atoms with Crippen LogP contribution >= 0.6 is 35.3 Å². The van der Waals surface area contributed by atoms with Crippen molar-refractivity contribution in [2.75, 3.05) is 26.9 Å². The van der Waals surface area contributed by atoms with Gasteiger partial charge in [0.05, 0.1) is 25.9 Å². The van der Waals surface area contributed by atoms with Crippen molar-refractivity contribution in [2.24, 2.45) is 4.99 Å². The Labute approximate surface area is 201 Å². The first kappa shape index (κ1) is 26.6. The number of hydrogen-bond donors (Lipinski definition) is 2. The van der Waals surface area contributed by atoms with Crippen molar-refractivity contribution in [1.29, 1.82) is 0 Å². The van der Waals surface area contributed by atoms with E-state index in [1.54, 1.807) is 18.4 Å². The number of hydrogen-bond acceptors (Lipinski definition) is 5. The number of halogens is 1. The summed E-state index contributed by atoms with van der Waals surface area (Å²) in [5.74, 6) is 1.63. The van der Waals surface area contributed by atoms with Gasteiger partial charge in [0.1, 0.15) is 10.8 Å². The summed E-state index contributed by atoms with van der Waals surface area (Å²) in [6, 6.07) is 7.98. The topological polar surface area (TPSA) is 67.8 Å². The highest BCUT2D eigenvalue weighted by molar-refractivity contribution is 14.0. The first-order valence-electron chi connectivity index (χ1n) is 10.1. The number of guanidine groups is 1. The number of ether oxygens (including phenoxy) is 2. The van der Waals surface area contributed by atoms with Gasteiger partial charge in [0.2, 0.25) is 0 Å². The zero-order chi connectivity index (χ0) is 21.1. The molecule has 30 heavy (non-hydrogen) atoms. The summed E-state index contributed by atoms with van der Waals surface area (Å²) >= 11 is 1.68. The first-order valence-corrected chi connectivity index (χ1v) is 11.0. The third-order valence-corrected chi connectivity index (χ3v) is 5.12. The second-order valence-electron chi connectivity index (χ2n) is 7.72. The van der Waals surface area contributed by atoms with Gasteiger partial charge < -0.3 is 20.1 Å². The molecule has 0 aliphatic heterocycles. The minimum absolute atomic E-state index is 0. The number of nitrogens with zero attached hydrogens (tertiary/aromatic N) is 2. The second-order valence-corrected chi connectivity index (χ2v) is 8.66. The lowest BCUT2D eigenvalue weighted by Crippen LogP contribution is -2.37. The van der Waals surface area contributed by atoms with E-state index in [9.17, 15) is 0 Å². The average Bonchev–Trinajstić information content (AvgIpc) is 3.19. The van der Waals surface area contributed by atoms with Gasteiger partial charge in [-0.05, 0) is 31.0 Å². The van der Waals surface area contributed by atoms with Crippen LogP contribution in [0.5, 0.6) is 5.75 Å². The molecule has 0 saturated carbocycles. The number of nitrogens with one attached hydrogen (secondary N) is 2. The summed E-state index contributed by atoms with van der Waals surface area (Å²) in [5.41, 5.74) is 2.32. The van der Waals surface area contributed by atoms with Gasteiger partial charge in [-0.1, -0.05) is 32.9 Å². The van der Waals surface area contributed by atoms with E-state index >= 15 is 0 Å². The van der Waals surface area contributed by atoms with E-state index in [-0.39, 0.29) is 29.4 Å². The molecule has 1 heterocycles. The summed E-state index contributed by atoms with van der Waals surface area (Å²) in [7, 11) is 1.67. The van der Waals surface area contributed by atoms with Crippen molar-refractivity contribution in [3.8, 4) is 5.75 Å². The van der Waals surface area contributed by atoms with E-state index in [0.717, 1.165) is 54.2 Å². The van der Waals surface area contributed by atoms with Gasteiger partial charge in [-0.15, -0.1) is 35.3 Å². The van der Waals surface area contributed by atoms with Crippen LogP contribution in [-0.4, -0.2) is 37.8 Å². The Hall–Kier alpha value is -1.39. The molecule has 8 heteroatoms. The molecule has 0 saturated heterocycles. The maximum absolute atomic E-state index is 5.41. The molecular weight excluding hydrogens is 511 g/mol. The monoisotopic (exact) mass is 546 g/mol. The van der Waals surface area contributed by atoms with Crippen LogP contribution in [0.15, 0.2) is 34.6 Å². The molecule has 2 aromatic rings. The summed E-state index contributed by atoms with van der Waals surface area (Å²) < 4.78 is 10.6. The van der Waals surface area contributed by atoms with Crippen LogP contribution in [0.2, 0.25) is 0 Å². The Morgan fingerprint density at radius 3 is 2.50 bits per heavy atom. The highest BCUT2D eigenvalue weighted by Crippen LogP contribution is 2.23. The fourth-order valence-corrected chi connectivity index (χ4v) is 3.46. The molecule has 0 bridgehead atoms. The standard InChI is InChI=1S/C22H34N4O2S.HI/c1-6-28-13-7-12-23-21(24-14-17-8-10-18(27-5)11-9-17)25-15-20-26-19(16-29-20)22(2,3)4;/h8-11,16H,6-7,12-15H2,1-5H3,(H2,23,24,25);1H. The molecule has 0 amide bonds. The zero-order valence-electron chi connectivity index (χ0n) is 18.7. The summed E-state index contributed by atoms with van der Waals surface area (Å²) in [5, 5.41) is 9.99. The fourth-order valence-electron chi connectivity index (χ4n) is 2.50. The van der Waals surface area contributed by atoms with E-state index in [1.807, 2.05) is 31.2 Å². The molecule has 0 aliphatic rings. The number of methoxy groups -OCH3 is 1. The van der Waals surface area contributed by atoms with Gasteiger partial charge in [-0.3, -0.25) is 0 Å². The Morgan fingerprint density at radius 2 is 1.90 bits per heavy atom. The molecular formula is C22H35IN4O2S. The fraction of sp³-hybridized carbons (Fsp3) is 0.545. The SMILES string of the molecule is CCOCCCNC(=NCc1ccc(OC)cc1)NCc1nc(C(C)(C)C)cs1.I. The minimum Gasteiger partial charge on any atom is -0.497 e. The third-order valence-electron chi connectivity index (χ3n) is 4.27. The molecule has 0 spiro atoms. The highest BCUT2D eigenvalue weighted by atomic mass is 127. The molecule has 0 fully saturated rings. The number of aromatic nitrogens is 1. The maximum Gasteiger partial charge on any atom is 0.191 e. The van der Waals surface area contributed by atoms with Crippen molar-refractivity contribution in [1.82, 2.24) is 15.6 Å². The van der Waals surface area contributed by atoms with Gasteiger partial charge in [-0.2, -0.15) is 0 Å². The van der Waals surface area contributed by atoms with Crippen LogP contribution in [0.3, 0.4) is 0 Å². The Kier molecular flexibility index (Phi) is 12.3. The van der Waals surface area contributed by atoms with Crippen molar-refractivity contribution >= 4 is 41.3 Å². The summed E-state index contributed by atoms with van der Waals surface area (Å²) in [4.78, 5) is 9.48. The lowest BCUT2D eigenvalue weighted by Gasteiger charge is -2.14. The number of aliphatic imine (C=N–C) groups is 1. The van der Waals surface area contributed by atoms with Crippen molar-refractivity contribution in [3.63, 3.8) is 0 Å². The summed E-state index contributed by atoms with van der Waals surface area (Å²) in [6.07, 6.45) is 0.933. The Morgan fingerprint density at radius 1 is 1.17 bits per heavy atom. The molecule has 0 unspecified atom stereocenters. The Balaban J connectivity index is 0.00000450. The molecule has 6 nitrogen and oxygen atoms in total. The third kappa shape index (κ3) is 9.61. The number of rotatable bonds is 10. The van der Waals surface area contributed by atoms with Gasteiger partial charge in [-0.25, -0.2) is 9.98 Å². The lowest BCUT2D eigenvalue weighted by atomic mass is 9.93. The molecule has 168 valence electrons. The van der Waals surface area contributed by atoms with E-state index in [4.69, 9.17) is 19.5 Å². The number of benzene rings is 1. The molecule has 2 N–H and O–H groups in total. The predicted octanol–water partition coefficient (Wildman–Crippen LogP) is 4.73. The molecule has 1 aromatic carbocycles. The van der Waals surface area contributed by atoms with Crippen LogP contribution in [0.1, 0.15) is 50.4 Å². The first-order chi connectivity index (χ1) is 13.9. The van der Waals surface area contributed by atoms with Crippen LogP contribution in [0.25, 0.3) is 0 Å². The van der Waals surface area contributed by atoms with Gasteiger partial charge >= 0.3 is 0 Å². The summed E-state index contributed by atoms with van der Waals surface area (Å²) in [6.45, 7) is 12.1. The average molecular weight is 547 g/mol. The zero-order valence-corrected chi connectivity index (χ0v) is 21.8. The van der Waals surface area contributed by atoms with Crippen LogP contribution in [0.4, 0.5) is 0 Å². The van der Waals surface area contributed by atoms with Crippen molar-refractivity contribution in [2.45, 2.75) is 52.6 Å². The Bertz CT molecular complexity index is 757. The highest BCUT2D eigenvalue weighted by Gasteiger charge is 2.17. The van der Waals surface area contributed by atoms with E-state index in [2.05, 4.69) is 36.8 Å². The largest absolute Gasteiger partial charge is 0.497 e. The van der Waals surface area contributed by atoms with Crippen molar-refractivity contribution < 1.29 is 9.47 Å². The van der Waals surface area contributed by atoms with Crippen LogP contribution in [0, 0.1) is 0 Å².